The molecule has 2 nitrogen and oxygen atoms in total. The molecule has 0 saturated heterocycles. The van der Waals surface area contributed by atoms with Crippen LogP contribution in [0.3, 0.4) is 0 Å². The highest BCUT2D eigenvalue weighted by atomic mass is 32.1. The maximum absolute atomic E-state index is 12.5. The molecule has 1 heterocycles. The normalized spacial score (nSPS) is 20.0. The molecule has 1 aromatic rings. The Labute approximate surface area is 109 Å². The molecule has 18 heavy (non-hydrogen) atoms. The lowest BCUT2D eigenvalue weighted by Gasteiger charge is -2.29. The molecule has 1 unspecified atom stereocenters. The first-order valence-corrected chi connectivity index (χ1v) is 7.04. The third-order valence-electron chi connectivity index (χ3n) is 3.50. The zero-order chi connectivity index (χ0) is 13.2. The Bertz CT molecular complexity index is 383. The average Bonchev–Trinajstić information content (AvgIpc) is 2.81. The van der Waals surface area contributed by atoms with Gasteiger partial charge < -0.3 is 5.32 Å². The lowest BCUT2D eigenvalue weighted by molar-refractivity contribution is -0.137. The van der Waals surface area contributed by atoms with E-state index in [1.807, 2.05) is 7.05 Å². The van der Waals surface area contributed by atoms with Crippen molar-refractivity contribution >= 4 is 11.3 Å². The molecule has 1 aliphatic rings. The fourth-order valence-electron chi connectivity index (χ4n) is 2.64. The van der Waals surface area contributed by atoms with Crippen molar-refractivity contribution in [3.63, 3.8) is 0 Å². The first-order chi connectivity index (χ1) is 8.52. The fourth-order valence-corrected chi connectivity index (χ4v) is 3.63. The van der Waals surface area contributed by atoms with E-state index < -0.39 is 11.2 Å². The molecule has 0 aliphatic heterocycles. The van der Waals surface area contributed by atoms with Crippen LogP contribution in [-0.4, -0.2) is 12.0 Å². The Hall–Kier alpha value is -0.620. The molecule has 1 saturated carbocycles. The molecule has 6 heteroatoms. The molecule has 1 aliphatic carbocycles. The zero-order valence-corrected chi connectivity index (χ0v) is 11.1. The second kappa shape index (κ2) is 5.57. The van der Waals surface area contributed by atoms with Crippen LogP contribution in [0.2, 0.25) is 0 Å². The summed E-state index contributed by atoms with van der Waals surface area (Å²) in [4.78, 5) is 4.21. The average molecular weight is 278 g/mol. The van der Waals surface area contributed by atoms with Crippen molar-refractivity contribution in [1.82, 2.24) is 10.3 Å². The Balaban J connectivity index is 2.14. The van der Waals surface area contributed by atoms with Crippen molar-refractivity contribution in [2.24, 2.45) is 5.92 Å². The maximum Gasteiger partial charge on any atom is 0.443 e. The van der Waals surface area contributed by atoms with Crippen molar-refractivity contribution in [2.75, 3.05) is 7.05 Å². The third kappa shape index (κ3) is 3.03. The minimum Gasteiger partial charge on any atom is -0.312 e. The van der Waals surface area contributed by atoms with Gasteiger partial charge in [-0.1, -0.05) is 19.3 Å². The minimum atomic E-state index is -4.33. The Kier molecular flexibility index (Phi) is 4.27. The number of halogens is 3. The van der Waals surface area contributed by atoms with E-state index in [0.717, 1.165) is 24.2 Å². The molecule has 1 N–H and O–H groups in total. The fraction of sp³-hybridized carbons (Fsp3) is 0.750. The highest BCUT2D eigenvalue weighted by Crippen LogP contribution is 2.39. The lowest BCUT2D eigenvalue weighted by atomic mass is 9.83. The molecular weight excluding hydrogens is 261 g/mol. The van der Waals surface area contributed by atoms with Crippen LogP contribution in [0, 0.1) is 5.92 Å². The van der Waals surface area contributed by atoms with E-state index in [9.17, 15) is 13.2 Å². The van der Waals surface area contributed by atoms with Crippen LogP contribution in [0.5, 0.6) is 0 Å². The van der Waals surface area contributed by atoms with Crippen LogP contribution in [0.15, 0.2) is 6.20 Å². The van der Waals surface area contributed by atoms with Crippen LogP contribution in [0.4, 0.5) is 13.2 Å². The number of nitrogens with zero attached hydrogens (tertiary/aromatic N) is 1. The van der Waals surface area contributed by atoms with Gasteiger partial charge in [0.05, 0.1) is 0 Å². The van der Waals surface area contributed by atoms with Crippen molar-refractivity contribution in [3.8, 4) is 0 Å². The predicted molar refractivity (Wildman–Crippen MR) is 65.5 cm³/mol. The van der Waals surface area contributed by atoms with E-state index in [1.54, 1.807) is 0 Å². The van der Waals surface area contributed by atoms with Gasteiger partial charge in [-0.05, 0) is 25.8 Å². The highest BCUT2D eigenvalue weighted by Gasteiger charge is 2.36. The number of alkyl halides is 3. The summed E-state index contributed by atoms with van der Waals surface area (Å²) in [5, 5.41) is 2.41. The number of rotatable bonds is 3. The quantitative estimate of drug-likeness (QED) is 0.904. The van der Waals surface area contributed by atoms with Crippen LogP contribution < -0.4 is 5.32 Å². The van der Waals surface area contributed by atoms with Gasteiger partial charge in [0, 0.05) is 17.1 Å². The van der Waals surface area contributed by atoms with E-state index in [4.69, 9.17) is 0 Å². The number of hydrogen-bond acceptors (Lipinski definition) is 3. The maximum atomic E-state index is 12.5. The van der Waals surface area contributed by atoms with E-state index >= 15 is 0 Å². The zero-order valence-electron chi connectivity index (χ0n) is 10.3. The highest BCUT2D eigenvalue weighted by molar-refractivity contribution is 7.11. The van der Waals surface area contributed by atoms with Gasteiger partial charge in [-0.15, -0.1) is 11.3 Å². The summed E-state index contributed by atoms with van der Waals surface area (Å²) < 4.78 is 37.6. The summed E-state index contributed by atoms with van der Waals surface area (Å²) in [6.45, 7) is 0. The van der Waals surface area contributed by atoms with Crippen molar-refractivity contribution in [1.29, 1.82) is 0 Å². The lowest BCUT2D eigenvalue weighted by Crippen LogP contribution is -2.26. The van der Waals surface area contributed by atoms with Gasteiger partial charge in [0.15, 0.2) is 5.01 Å². The topological polar surface area (TPSA) is 24.9 Å². The number of thiazole rings is 1. The molecule has 1 aromatic heterocycles. The summed E-state index contributed by atoms with van der Waals surface area (Å²) in [5.41, 5.74) is 0. The Morgan fingerprint density at radius 2 is 2.00 bits per heavy atom. The van der Waals surface area contributed by atoms with Gasteiger partial charge in [0.2, 0.25) is 0 Å². The third-order valence-corrected chi connectivity index (χ3v) is 4.63. The van der Waals surface area contributed by atoms with Gasteiger partial charge in [-0.2, -0.15) is 13.2 Å². The molecule has 0 bridgehead atoms. The molecule has 0 amide bonds. The monoisotopic (exact) mass is 278 g/mol. The molecule has 102 valence electrons. The van der Waals surface area contributed by atoms with E-state index in [0.29, 0.717) is 10.8 Å². The van der Waals surface area contributed by atoms with Gasteiger partial charge in [0.1, 0.15) is 0 Å². The summed E-state index contributed by atoms with van der Waals surface area (Å²) in [6, 6.07) is 0.0129. The first kappa shape index (κ1) is 13.8. The minimum absolute atomic E-state index is 0.0129. The van der Waals surface area contributed by atoms with Crippen LogP contribution in [0.25, 0.3) is 0 Å². The second-order valence-corrected chi connectivity index (χ2v) is 5.79. The van der Waals surface area contributed by atoms with E-state index in [2.05, 4.69) is 10.3 Å². The van der Waals surface area contributed by atoms with Gasteiger partial charge in [-0.25, -0.2) is 4.98 Å². The number of nitrogens with one attached hydrogen (secondary N) is 1. The Morgan fingerprint density at radius 3 is 2.50 bits per heavy atom. The second-order valence-electron chi connectivity index (χ2n) is 4.73. The van der Waals surface area contributed by atoms with Crippen molar-refractivity contribution in [3.05, 3.63) is 16.1 Å². The molecule has 0 spiro atoms. The van der Waals surface area contributed by atoms with Gasteiger partial charge in [-0.3, -0.25) is 0 Å². The molecule has 2 rings (SSSR count). The van der Waals surface area contributed by atoms with Crippen LogP contribution >= 0.6 is 11.3 Å². The smallest absolute Gasteiger partial charge is 0.312 e. The van der Waals surface area contributed by atoms with Crippen molar-refractivity contribution in [2.45, 2.75) is 44.3 Å². The van der Waals surface area contributed by atoms with E-state index in [-0.39, 0.29) is 6.04 Å². The predicted octanol–water partition coefficient (Wildman–Crippen LogP) is 4.00. The number of hydrogen-bond donors (Lipinski definition) is 1. The molecular formula is C12H17F3N2S. The summed E-state index contributed by atoms with van der Waals surface area (Å²) in [7, 11) is 1.81. The molecule has 1 fully saturated rings. The first-order valence-electron chi connectivity index (χ1n) is 6.22. The molecule has 0 radical (unpaired) electrons. The van der Waals surface area contributed by atoms with Gasteiger partial charge in [0.25, 0.3) is 0 Å². The summed E-state index contributed by atoms with van der Waals surface area (Å²) in [6.07, 6.45) is 2.82. The van der Waals surface area contributed by atoms with Crippen molar-refractivity contribution < 1.29 is 13.2 Å². The summed E-state index contributed by atoms with van der Waals surface area (Å²) >= 11 is 0.768. The molecule has 0 aromatic carbocycles. The molecule has 1 atom stereocenters. The SMILES string of the molecule is CNC(c1cnc(C(F)(F)F)s1)C1CCCCC1. The van der Waals surface area contributed by atoms with E-state index in [1.165, 1.54) is 25.5 Å². The van der Waals surface area contributed by atoms with Gasteiger partial charge >= 0.3 is 6.18 Å². The summed E-state index contributed by atoms with van der Waals surface area (Å²) in [5.74, 6) is 0.435. The number of aromatic nitrogens is 1. The van der Waals surface area contributed by atoms with Crippen LogP contribution in [0.1, 0.15) is 48.0 Å². The largest absolute Gasteiger partial charge is 0.443 e. The van der Waals surface area contributed by atoms with Crippen LogP contribution in [-0.2, 0) is 6.18 Å². The Morgan fingerprint density at radius 1 is 1.33 bits per heavy atom. The standard InChI is InChI=1S/C12H17F3N2S/c1-16-10(8-5-3-2-4-6-8)9-7-17-11(18-9)12(13,14)15/h7-8,10,16H,2-6H2,1H3.